The summed E-state index contributed by atoms with van der Waals surface area (Å²) in [6, 6.07) is 5.27. The third kappa shape index (κ3) is 2.37. The van der Waals surface area contributed by atoms with Crippen molar-refractivity contribution in [3.63, 3.8) is 0 Å². The summed E-state index contributed by atoms with van der Waals surface area (Å²) in [6.45, 7) is 4.04. The van der Waals surface area contributed by atoms with Crippen molar-refractivity contribution in [2.75, 3.05) is 39.4 Å². The van der Waals surface area contributed by atoms with E-state index in [1.807, 2.05) is 0 Å². The molecule has 120 valence electrons. The predicted molar refractivity (Wildman–Crippen MR) is 80.8 cm³/mol. The summed E-state index contributed by atoms with van der Waals surface area (Å²) in [5, 5.41) is 0. The van der Waals surface area contributed by atoms with E-state index in [1.165, 1.54) is 6.42 Å². The fraction of sp³-hybridized carbons (Fsp3) is 0.600. The van der Waals surface area contributed by atoms with Crippen molar-refractivity contribution >= 4 is 10.0 Å². The highest BCUT2D eigenvalue weighted by atomic mass is 32.2. The molecule has 3 heterocycles. The van der Waals surface area contributed by atoms with Crippen LogP contribution < -0.4 is 9.47 Å². The van der Waals surface area contributed by atoms with E-state index < -0.39 is 10.0 Å². The van der Waals surface area contributed by atoms with Crippen molar-refractivity contribution in [3.05, 3.63) is 18.2 Å². The van der Waals surface area contributed by atoms with Gasteiger partial charge in [0.15, 0.2) is 11.5 Å². The van der Waals surface area contributed by atoms with Crippen LogP contribution in [0.25, 0.3) is 0 Å². The average molecular weight is 324 g/mol. The topological polar surface area (TPSA) is 59.1 Å². The van der Waals surface area contributed by atoms with Crippen molar-refractivity contribution in [2.45, 2.75) is 23.8 Å². The maximum atomic E-state index is 12.9. The Hall–Kier alpha value is -1.31. The molecule has 4 rings (SSSR count). The molecule has 0 aromatic heterocycles. The molecule has 2 fully saturated rings. The van der Waals surface area contributed by atoms with Crippen molar-refractivity contribution in [2.24, 2.45) is 0 Å². The third-order valence-electron chi connectivity index (χ3n) is 4.70. The lowest BCUT2D eigenvalue weighted by molar-refractivity contribution is 0.158. The number of ether oxygens (including phenoxy) is 2. The first-order chi connectivity index (χ1) is 10.6. The second-order valence-corrected chi connectivity index (χ2v) is 7.94. The molecule has 1 aromatic carbocycles. The van der Waals surface area contributed by atoms with Crippen LogP contribution in [0, 0.1) is 0 Å². The van der Waals surface area contributed by atoms with Gasteiger partial charge in [-0.3, -0.25) is 4.90 Å². The highest BCUT2D eigenvalue weighted by Gasteiger charge is 2.36. The molecule has 1 aromatic rings. The van der Waals surface area contributed by atoms with E-state index in [4.69, 9.17) is 9.47 Å². The minimum Gasteiger partial charge on any atom is -0.486 e. The maximum absolute atomic E-state index is 12.9. The lowest BCUT2D eigenvalue weighted by Gasteiger charge is -2.36. The van der Waals surface area contributed by atoms with Crippen LogP contribution in [0.2, 0.25) is 0 Å². The van der Waals surface area contributed by atoms with Crippen LogP contribution in [0.1, 0.15) is 12.8 Å². The molecule has 3 aliphatic heterocycles. The monoisotopic (exact) mass is 324 g/mol. The molecule has 6 nitrogen and oxygen atoms in total. The van der Waals surface area contributed by atoms with Crippen LogP contribution in [-0.4, -0.2) is 63.1 Å². The summed E-state index contributed by atoms with van der Waals surface area (Å²) in [7, 11) is -3.46. The van der Waals surface area contributed by atoms with E-state index >= 15 is 0 Å². The molecule has 22 heavy (non-hydrogen) atoms. The Morgan fingerprint density at radius 3 is 2.73 bits per heavy atom. The van der Waals surface area contributed by atoms with Crippen LogP contribution in [0.4, 0.5) is 0 Å². The van der Waals surface area contributed by atoms with E-state index in [1.54, 1.807) is 22.5 Å². The van der Waals surface area contributed by atoms with Gasteiger partial charge in [0.2, 0.25) is 10.0 Å². The van der Waals surface area contributed by atoms with Gasteiger partial charge in [-0.1, -0.05) is 0 Å². The fourth-order valence-electron chi connectivity index (χ4n) is 3.51. The highest BCUT2D eigenvalue weighted by molar-refractivity contribution is 7.89. The summed E-state index contributed by atoms with van der Waals surface area (Å²) in [4.78, 5) is 2.69. The molecule has 1 atom stereocenters. The van der Waals surface area contributed by atoms with Gasteiger partial charge in [-0.2, -0.15) is 4.31 Å². The van der Waals surface area contributed by atoms with Gasteiger partial charge in [0.05, 0.1) is 4.90 Å². The van der Waals surface area contributed by atoms with Crippen LogP contribution in [0.5, 0.6) is 11.5 Å². The first-order valence-electron chi connectivity index (χ1n) is 7.78. The van der Waals surface area contributed by atoms with E-state index in [0.29, 0.717) is 48.7 Å². The summed E-state index contributed by atoms with van der Waals surface area (Å²) in [5.74, 6) is 1.14. The Balaban J connectivity index is 1.60. The molecule has 0 N–H and O–H groups in total. The largest absolute Gasteiger partial charge is 0.486 e. The number of rotatable bonds is 2. The second kappa shape index (κ2) is 5.40. The van der Waals surface area contributed by atoms with E-state index in [9.17, 15) is 8.42 Å². The number of hydrogen-bond donors (Lipinski definition) is 0. The molecule has 0 amide bonds. The quantitative estimate of drug-likeness (QED) is 0.810. The predicted octanol–water partition coefficient (Wildman–Crippen LogP) is 0.926. The first kappa shape index (κ1) is 14.3. The maximum Gasteiger partial charge on any atom is 0.243 e. The first-order valence-corrected chi connectivity index (χ1v) is 9.22. The lowest BCUT2D eigenvalue weighted by atomic mass is 10.2. The molecular weight excluding hydrogens is 304 g/mol. The minimum atomic E-state index is -3.46. The van der Waals surface area contributed by atoms with Gasteiger partial charge in [-0.25, -0.2) is 8.42 Å². The number of sulfonamides is 1. The molecule has 0 bridgehead atoms. The van der Waals surface area contributed by atoms with Crippen molar-refractivity contribution in [3.8, 4) is 11.5 Å². The smallest absolute Gasteiger partial charge is 0.243 e. The number of piperazine rings is 1. The standard InChI is InChI=1S/C15H20N2O4S/c18-22(19,17-7-6-16-5-1-2-12(16)11-17)13-3-4-14-15(10-13)21-9-8-20-14/h3-4,10,12H,1-2,5-9,11H2. The third-order valence-corrected chi connectivity index (χ3v) is 6.56. The molecule has 2 saturated heterocycles. The molecule has 0 aliphatic carbocycles. The molecule has 0 saturated carbocycles. The zero-order valence-corrected chi connectivity index (χ0v) is 13.2. The Morgan fingerprint density at radius 2 is 1.86 bits per heavy atom. The van der Waals surface area contributed by atoms with E-state index in [0.717, 1.165) is 19.5 Å². The van der Waals surface area contributed by atoms with Crippen LogP contribution in [0.15, 0.2) is 23.1 Å². The van der Waals surface area contributed by atoms with Gasteiger partial charge in [0.25, 0.3) is 0 Å². The molecule has 0 spiro atoms. The van der Waals surface area contributed by atoms with Gasteiger partial charge in [0, 0.05) is 31.7 Å². The van der Waals surface area contributed by atoms with Crippen LogP contribution in [0.3, 0.4) is 0 Å². The summed E-state index contributed by atoms with van der Waals surface area (Å²) in [6.07, 6.45) is 2.26. The Bertz CT molecular complexity index is 676. The second-order valence-electron chi connectivity index (χ2n) is 6.00. The van der Waals surface area contributed by atoms with Crippen LogP contribution >= 0.6 is 0 Å². The van der Waals surface area contributed by atoms with Crippen molar-refractivity contribution in [1.82, 2.24) is 9.21 Å². The van der Waals surface area contributed by atoms with Gasteiger partial charge in [-0.15, -0.1) is 0 Å². The molecule has 1 unspecified atom stereocenters. The molecular formula is C15H20N2O4S. The summed E-state index contributed by atoms with van der Waals surface area (Å²) < 4.78 is 38.3. The van der Waals surface area contributed by atoms with Gasteiger partial charge >= 0.3 is 0 Å². The summed E-state index contributed by atoms with van der Waals surface area (Å²) >= 11 is 0. The Morgan fingerprint density at radius 1 is 1.05 bits per heavy atom. The Labute approximate surface area is 130 Å². The van der Waals surface area contributed by atoms with E-state index in [2.05, 4.69) is 4.90 Å². The van der Waals surface area contributed by atoms with E-state index in [-0.39, 0.29) is 0 Å². The zero-order chi connectivity index (χ0) is 15.2. The van der Waals surface area contributed by atoms with Crippen molar-refractivity contribution in [1.29, 1.82) is 0 Å². The Kier molecular flexibility index (Phi) is 3.51. The van der Waals surface area contributed by atoms with Gasteiger partial charge in [0.1, 0.15) is 13.2 Å². The number of benzene rings is 1. The molecule has 7 heteroatoms. The average Bonchev–Trinajstić information content (AvgIpc) is 3.02. The number of hydrogen-bond acceptors (Lipinski definition) is 5. The SMILES string of the molecule is O=S(=O)(c1ccc2c(c1)OCCO2)N1CCN2CCCC2C1. The van der Waals surface area contributed by atoms with Gasteiger partial charge in [-0.05, 0) is 31.5 Å². The highest BCUT2D eigenvalue weighted by Crippen LogP contribution is 2.34. The summed E-state index contributed by atoms with van der Waals surface area (Å²) in [5.41, 5.74) is 0. The molecule has 3 aliphatic rings. The number of nitrogens with zero attached hydrogens (tertiary/aromatic N) is 2. The number of fused-ring (bicyclic) bond motifs is 2. The zero-order valence-electron chi connectivity index (χ0n) is 12.4. The van der Waals surface area contributed by atoms with Gasteiger partial charge < -0.3 is 9.47 Å². The molecule has 0 radical (unpaired) electrons. The van der Waals surface area contributed by atoms with Crippen LogP contribution in [-0.2, 0) is 10.0 Å². The normalized spacial score (nSPS) is 25.9. The minimum absolute atomic E-state index is 0.295. The fourth-order valence-corrected chi connectivity index (χ4v) is 5.00. The van der Waals surface area contributed by atoms with Crippen molar-refractivity contribution < 1.29 is 17.9 Å². The lowest BCUT2D eigenvalue weighted by Crippen LogP contribution is -2.51.